The van der Waals surface area contributed by atoms with Gasteiger partial charge in [-0.25, -0.2) is 0 Å². The van der Waals surface area contributed by atoms with Crippen molar-refractivity contribution in [3.05, 3.63) is 47.8 Å². The summed E-state index contributed by atoms with van der Waals surface area (Å²) in [7, 11) is 1.38. The highest BCUT2D eigenvalue weighted by Crippen LogP contribution is 2.29. The molecule has 0 aliphatic carbocycles. The Hall–Kier alpha value is -2.41. The van der Waals surface area contributed by atoms with E-state index in [-0.39, 0.29) is 18.1 Å². The number of halogens is 2. The fourth-order valence-corrected chi connectivity index (χ4v) is 1.94. The van der Waals surface area contributed by atoms with E-state index in [4.69, 9.17) is 4.74 Å². The number of benzene rings is 1. The molecule has 1 aromatic heterocycles. The van der Waals surface area contributed by atoms with Crippen LogP contribution in [0.5, 0.6) is 11.5 Å². The molecule has 0 fully saturated rings. The minimum absolute atomic E-state index is 0.0228. The van der Waals surface area contributed by atoms with Crippen molar-refractivity contribution < 1.29 is 23.4 Å². The smallest absolute Gasteiger partial charge is 0.387 e. The van der Waals surface area contributed by atoms with Crippen LogP contribution >= 0.6 is 0 Å². The highest BCUT2D eigenvalue weighted by Gasteiger charge is 2.11. The molecule has 7 heteroatoms. The summed E-state index contributed by atoms with van der Waals surface area (Å²) in [6, 6.07) is 6.47. The fraction of sp³-hybridized carbons (Fsp3) is 0.267. The van der Waals surface area contributed by atoms with Crippen LogP contribution < -0.4 is 14.8 Å². The molecule has 2 aromatic rings. The predicted octanol–water partition coefficient (Wildman–Crippen LogP) is 2.80. The van der Waals surface area contributed by atoms with Crippen molar-refractivity contribution in [2.75, 3.05) is 12.4 Å². The van der Waals surface area contributed by atoms with E-state index in [9.17, 15) is 13.9 Å². The Balaban J connectivity index is 2.12. The normalized spacial score (nSPS) is 10.6. The maximum atomic E-state index is 12.4. The molecule has 0 radical (unpaired) electrons. The van der Waals surface area contributed by atoms with Crippen molar-refractivity contribution in [3.63, 3.8) is 0 Å². The number of anilines is 1. The summed E-state index contributed by atoms with van der Waals surface area (Å²) in [5, 5.41) is 12.3. The Bertz CT molecular complexity index is 623. The third-order valence-corrected chi connectivity index (χ3v) is 3.01. The molecule has 0 aliphatic rings. The minimum atomic E-state index is -2.92. The topological polar surface area (TPSA) is 63.6 Å². The molecule has 0 aliphatic heterocycles. The second-order valence-corrected chi connectivity index (χ2v) is 4.41. The van der Waals surface area contributed by atoms with Gasteiger partial charge < -0.3 is 19.9 Å². The largest absolute Gasteiger partial charge is 0.493 e. The maximum Gasteiger partial charge on any atom is 0.387 e. The number of methoxy groups -OCH3 is 1. The highest BCUT2D eigenvalue weighted by molar-refractivity contribution is 5.50. The summed E-state index contributed by atoms with van der Waals surface area (Å²) >= 11 is 0. The molecule has 0 bridgehead atoms. The van der Waals surface area contributed by atoms with Gasteiger partial charge in [0.25, 0.3) is 0 Å². The van der Waals surface area contributed by atoms with Gasteiger partial charge in [0.05, 0.1) is 25.6 Å². The first-order chi connectivity index (χ1) is 10.6. The summed E-state index contributed by atoms with van der Waals surface area (Å²) in [4.78, 5) is 3.97. The van der Waals surface area contributed by atoms with Crippen molar-refractivity contribution >= 4 is 5.69 Å². The zero-order valence-electron chi connectivity index (χ0n) is 11.9. The summed E-state index contributed by atoms with van der Waals surface area (Å²) in [6.45, 7) is -2.67. The fourth-order valence-electron chi connectivity index (χ4n) is 1.94. The summed E-state index contributed by atoms with van der Waals surface area (Å²) in [6.07, 6.45) is 3.17. The number of hydrogen-bond donors (Lipinski definition) is 2. The van der Waals surface area contributed by atoms with Gasteiger partial charge in [0.1, 0.15) is 0 Å². The van der Waals surface area contributed by atoms with Gasteiger partial charge >= 0.3 is 6.61 Å². The lowest BCUT2D eigenvalue weighted by atomic mass is 10.2. The van der Waals surface area contributed by atoms with Crippen molar-refractivity contribution in [1.29, 1.82) is 0 Å². The highest BCUT2D eigenvalue weighted by atomic mass is 19.3. The van der Waals surface area contributed by atoms with Gasteiger partial charge in [0, 0.05) is 18.3 Å². The first kappa shape index (κ1) is 16.0. The van der Waals surface area contributed by atoms with E-state index in [2.05, 4.69) is 15.0 Å². The molecule has 0 spiro atoms. The first-order valence-corrected chi connectivity index (χ1v) is 6.53. The van der Waals surface area contributed by atoms with Crippen LogP contribution in [-0.2, 0) is 13.2 Å². The molecule has 0 atom stereocenters. The van der Waals surface area contributed by atoms with Gasteiger partial charge in [-0.15, -0.1) is 0 Å². The van der Waals surface area contributed by atoms with Gasteiger partial charge in [0.2, 0.25) is 0 Å². The number of pyridine rings is 1. The molecule has 2 N–H and O–H groups in total. The number of nitrogens with zero attached hydrogens (tertiary/aromatic N) is 1. The lowest BCUT2D eigenvalue weighted by Gasteiger charge is -2.13. The SMILES string of the molecule is COc1ccc(CNc2cnccc2CO)cc1OC(F)F. The number of rotatable bonds is 7. The van der Waals surface area contributed by atoms with E-state index in [1.54, 1.807) is 30.6 Å². The molecule has 0 saturated heterocycles. The van der Waals surface area contributed by atoms with Crippen molar-refractivity contribution in [2.45, 2.75) is 19.8 Å². The summed E-state index contributed by atoms with van der Waals surface area (Å²) in [5.74, 6) is 0.215. The van der Waals surface area contributed by atoms with Gasteiger partial charge in [0.15, 0.2) is 11.5 Å². The monoisotopic (exact) mass is 310 g/mol. The van der Waals surface area contributed by atoms with Crippen LogP contribution in [0.25, 0.3) is 0 Å². The molecular weight excluding hydrogens is 294 g/mol. The number of ether oxygens (including phenoxy) is 2. The summed E-state index contributed by atoms with van der Waals surface area (Å²) < 4.78 is 34.2. The zero-order valence-corrected chi connectivity index (χ0v) is 11.9. The van der Waals surface area contributed by atoms with Crippen LogP contribution in [0.4, 0.5) is 14.5 Å². The third kappa shape index (κ3) is 4.05. The maximum absolute atomic E-state index is 12.4. The lowest BCUT2D eigenvalue weighted by Crippen LogP contribution is -2.06. The molecule has 2 rings (SSSR count). The van der Waals surface area contributed by atoms with Gasteiger partial charge in [-0.3, -0.25) is 4.98 Å². The zero-order chi connectivity index (χ0) is 15.9. The van der Waals surface area contributed by atoms with E-state index < -0.39 is 6.61 Å². The van der Waals surface area contributed by atoms with Crippen molar-refractivity contribution in [3.8, 4) is 11.5 Å². The third-order valence-electron chi connectivity index (χ3n) is 3.01. The molecule has 1 heterocycles. The van der Waals surface area contributed by atoms with E-state index >= 15 is 0 Å². The van der Waals surface area contributed by atoms with Crippen molar-refractivity contribution in [1.82, 2.24) is 4.98 Å². The Kier molecular flexibility index (Phi) is 5.48. The second kappa shape index (κ2) is 7.56. The molecule has 0 amide bonds. The molecule has 22 heavy (non-hydrogen) atoms. The van der Waals surface area contributed by atoms with Crippen LogP contribution in [0.3, 0.4) is 0 Å². The Morgan fingerprint density at radius 2 is 2.09 bits per heavy atom. The lowest BCUT2D eigenvalue weighted by molar-refractivity contribution is -0.0512. The number of nitrogens with one attached hydrogen (secondary N) is 1. The Morgan fingerprint density at radius 1 is 1.27 bits per heavy atom. The number of alkyl halides is 2. The van der Waals surface area contributed by atoms with Crippen LogP contribution in [0.15, 0.2) is 36.7 Å². The van der Waals surface area contributed by atoms with Gasteiger partial charge in [-0.2, -0.15) is 8.78 Å². The molecule has 0 saturated carbocycles. The minimum Gasteiger partial charge on any atom is -0.493 e. The average molecular weight is 310 g/mol. The van der Waals surface area contributed by atoms with E-state index in [1.165, 1.54) is 13.2 Å². The Labute approximate surface area is 126 Å². The number of aromatic nitrogens is 1. The summed E-state index contributed by atoms with van der Waals surface area (Å²) in [5.41, 5.74) is 2.11. The van der Waals surface area contributed by atoms with Gasteiger partial charge in [-0.05, 0) is 23.8 Å². The van der Waals surface area contributed by atoms with Crippen LogP contribution in [0, 0.1) is 0 Å². The van der Waals surface area contributed by atoms with E-state index in [0.717, 1.165) is 5.56 Å². The Morgan fingerprint density at radius 3 is 2.77 bits per heavy atom. The number of aliphatic hydroxyl groups is 1. The van der Waals surface area contributed by atoms with E-state index in [1.807, 2.05) is 0 Å². The molecule has 1 aromatic carbocycles. The standard InChI is InChI=1S/C15H16F2N2O3/c1-21-13-3-2-10(6-14(13)22-15(16)17)7-19-12-8-18-5-4-11(12)9-20/h2-6,8,15,19-20H,7,9H2,1H3. The molecule has 0 unspecified atom stereocenters. The average Bonchev–Trinajstić information content (AvgIpc) is 2.52. The number of aliphatic hydroxyl groups excluding tert-OH is 1. The van der Waals surface area contributed by atoms with Crippen LogP contribution in [0.1, 0.15) is 11.1 Å². The number of hydrogen-bond acceptors (Lipinski definition) is 5. The molecule has 5 nitrogen and oxygen atoms in total. The van der Waals surface area contributed by atoms with E-state index in [0.29, 0.717) is 17.8 Å². The quantitative estimate of drug-likeness (QED) is 0.823. The van der Waals surface area contributed by atoms with Crippen LogP contribution in [0.2, 0.25) is 0 Å². The molecule has 118 valence electrons. The molecular formula is C15H16F2N2O3. The van der Waals surface area contributed by atoms with Crippen LogP contribution in [-0.4, -0.2) is 23.8 Å². The second-order valence-electron chi connectivity index (χ2n) is 4.41. The van der Waals surface area contributed by atoms with Gasteiger partial charge in [-0.1, -0.05) is 6.07 Å². The predicted molar refractivity (Wildman–Crippen MR) is 77.1 cm³/mol. The van der Waals surface area contributed by atoms with Crippen molar-refractivity contribution in [2.24, 2.45) is 0 Å². The first-order valence-electron chi connectivity index (χ1n) is 6.53.